The maximum atomic E-state index is 12.7. The van der Waals surface area contributed by atoms with Crippen LogP contribution in [0.25, 0.3) is 0 Å². The molecule has 0 fully saturated rings. The molecule has 0 saturated carbocycles. The van der Waals surface area contributed by atoms with Crippen molar-refractivity contribution in [3.8, 4) is 0 Å². The highest BCUT2D eigenvalue weighted by Gasteiger charge is 2.27. The molecule has 0 aliphatic rings. The molecule has 0 radical (unpaired) electrons. The van der Waals surface area contributed by atoms with E-state index in [9.17, 15) is 19.0 Å². The summed E-state index contributed by atoms with van der Waals surface area (Å²) in [6.07, 6.45) is 54.1. The van der Waals surface area contributed by atoms with Crippen LogP contribution in [0, 0.1) is 0 Å². The highest BCUT2D eigenvalue weighted by Crippen LogP contribution is 2.43. The third-order valence-corrected chi connectivity index (χ3v) is 11.0. The molecule has 3 atom stereocenters. The number of hydrogen-bond donors (Lipinski definition) is 3. The minimum Gasteiger partial charge on any atom is -0.480 e. The fourth-order valence-electron chi connectivity index (χ4n) is 6.27. The van der Waals surface area contributed by atoms with Crippen molar-refractivity contribution in [2.75, 3.05) is 26.4 Å². The van der Waals surface area contributed by atoms with Gasteiger partial charge in [0.1, 0.15) is 12.1 Å². The van der Waals surface area contributed by atoms with E-state index in [-0.39, 0.29) is 13.0 Å². The van der Waals surface area contributed by atoms with Crippen LogP contribution < -0.4 is 5.73 Å². The molecule has 0 saturated heterocycles. The maximum absolute atomic E-state index is 12.7. The summed E-state index contributed by atoms with van der Waals surface area (Å²) in [4.78, 5) is 33.6. The molecular weight excluding hydrogens is 778 g/mol. The Morgan fingerprint density at radius 2 is 0.933 bits per heavy atom. The van der Waals surface area contributed by atoms with Crippen LogP contribution in [0.4, 0.5) is 0 Å². The molecule has 0 aliphatic carbocycles. The number of rotatable bonds is 45. The molecule has 60 heavy (non-hydrogen) atoms. The number of carbonyl (C=O) groups excluding carboxylic acids is 1. The number of carboxylic acids is 1. The number of nitrogens with two attached hydrogens (primary N) is 1. The number of hydrogen-bond acceptors (Lipinski definition) is 8. The molecule has 0 aromatic carbocycles. The van der Waals surface area contributed by atoms with E-state index in [4.69, 9.17) is 29.4 Å². The molecule has 11 heteroatoms. The van der Waals surface area contributed by atoms with Crippen LogP contribution in [0.1, 0.15) is 200 Å². The zero-order valence-corrected chi connectivity index (χ0v) is 38.9. The normalized spacial score (nSPS) is 14.3. The number of carboxylic acid groups (broad SMARTS) is 1. The summed E-state index contributed by atoms with van der Waals surface area (Å²) in [7, 11) is -4.63. The van der Waals surface area contributed by atoms with Gasteiger partial charge in [0.25, 0.3) is 0 Å². The number of carbonyl (C=O) groups is 2. The lowest BCUT2D eigenvalue weighted by Crippen LogP contribution is -2.34. The minimum absolute atomic E-state index is 0.00453. The Morgan fingerprint density at radius 3 is 1.42 bits per heavy atom. The Bertz CT molecular complexity index is 1190. The average Bonchev–Trinajstić information content (AvgIpc) is 3.23. The Balaban J connectivity index is 4.20. The van der Waals surface area contributed by atoms with Crippen LogP contribution in [0.15, 0.2) is 60.8 Å². The summed E-state index contributed by atoms with van der Waals surface area (Å²) in [5.74, 6) is -1.79. The first kappa shape index (κ1) is 57.7. The largest absolute Gasteiger partial charge is 0.480 e. The lowest BCUT2D eigenvalue weighted by molar-refractivity contribution is -0.154. The standard InChI is InChI=1S/C49H88NO9P/c1-3-5-7-9-11-13-15-17-19-20-21-22-23-24-25-26-27-29-31-33-35-37-39-41-48(51)59-46(44-57-60(54,55)58-45-47(50)49(52)53)43-56-42-40-38-36-34-32-30-28-18-16-14-12-10-8-6-4-2/h10,12,15-18,20-21,23-24,46-47H,3-9,11,13-14,19,22,25-45,50H2,1-2H3,(H,52,53)(H,54,55)/b12-10-,17-15-,18-16-,21-20-,24-23-. The molecule has 0 heterocycles. The molecule has 0 bridgehead atoms. The van der Waals surface area contributed by atoms with Crippen molar-refractivity contribution in [3.05, 3.63) is 60.8 Å². The summed E-state index contributed by atoms with van der Waals surface area (Å²) < 4.78 is 33.4. The van der Waals surface area contributed by atoms with Crippen LogP contribution in [0.3, 0.4) is 0 Å². The van der Waals surface area contributed by atoms with Crippen molar-refractivity contribution >= 4 is 19.8 Å². The van der Waals surface area contributed by atoms with Gasteiger partial charge in [-0.2, -0.15) is 0 Å². The topological polar surface area (TPSA) is 155 Å². The average molecular weight is 866 g/mol. The fourth-order valence-corrected chi connectivity index (χ4v) is 7.05. The van der Waals surface area contributed by atoms with Gasteiger partial charge in [-0.1, -0.05) is 177 Å². The van der Waals surface area contributed by atoms with E-state index in [0.717, 1.165) is 70.6 Å². The SMILES string of the molecule is CCCC/C=C\C/C=C\CCCCCCCCOCC(COP(=O)(O)OCC(N)C(=O)O)OC(=O)CCCCCCCCCC/C=C\C/C=C\C/C=C\CCCCCCC. The molecule has 0 aromatic rings. The summed E-state index contributed by atoms with van der Waals surface area (Å²) in [6, 6.07) is -1.48. The molecule has 4 N–H and O–H groups in total. The monoisotopic (exact) mass is 866 g/mol. The van der Waals surface area contributed by atoms with Gasteiger partial charge in [0.05, 0.1) is 19.8 Å². The number of unbranched alkanes of at least 4 members (excludes halogenated alkanes) is 21. The highest BCUT2D eigenvalue weighted by atomic mass is 31.2. The molecule has 3 unspecified atom stereocenters. The zero-order valence-electron chi connectivity index (χ0n) is 38.0. The number of aliphatic carboxylic acids is 1. The Morgan fingerprint density at radius 1 is 0.533 bits per heavy atom. The second-order valence-corrected chi connectivity index (χ2v) is 17.3. The Hall–Kier alpha value is -2.33. The molecule has 0 spiro atoms. The third-order valence-electron chi connectivity index (χ3n) is 10.0. The van der Waals surface area contributed by atoms with Gasteiger partial charge in [-0.3, -0.25) is 18.6 Å². The van der Waals surface area contributed by atoms with Gasteiger partial charge in [0, 0.05) is 13.0 Å². The van der Waals surface area contributed by atoms with Crippen molar-refractivity contribution in [2.24, 2.45) is 5.73 Å². The van der Waals surface area contributed by atoms with Crippen molar-refractivity contribution in [3.63, 3.8) is 0 Å². The first-order valence-corrected chi connectivity index (χ1v) is 25.3. The van der Waals surface area contributed by atoms with Gasteiger partial charge in [-0.25, -0.2) is 4.57 Å². The van der Waals surface area contributed by atoms with Crippen molar-refractivity contribution in [1.82, 2.24) is 0 Å². The summed E-state index contributed by atoms with van der Waals surface area (Å²) in [5, 5.41) is 8.91. The molecule has 0 rings (SSSR count). The Kier molecular flexibility index (Phi) is 43.0. The van der Waals surface area contributed by atoms with Crippen molar-refractivity contribution < 1.29 is 42.7 Å². The van der Waals surface area contributed by atoms with E-state index in [1.54, 1.807) is 0 Å². The second-order valence-electron chi connectivity index (χ2n) is 15.9. The summed E-state index contributed by atoms with van der Waals surface area (Å²) >= 11 is 0. The van der Waals surface area contributed by atoms with E-state index in [2.05, 4.69) is 74.6 Å². The van der Waals surface area contributed by atoms with Crippen LogP contribution in [-0.4, -0.2) is 60.5 Å². The highest BCUT2D eigenvalue weighted by molar-refractivity contribution is 7.47. The second kappa shape index (κ2) is 44.7. The van der Waals surface area contributed by atoms with Gasteiger partial charge in [-0.15, -0.1) is 0 Å². The van der Waals surface area contributed by atoms with Gasteiger partial charge < -0.3 is 25.2 Å². The molecule has 0 aromatic heterocycles. The summed E-state index contributed by atoms with van der Waals surface area (Å²) in [6.45, 7) is 3.80. The van der Waals surface area contributed by atoms with Crippen molar-refractivity contribution in [2.45, 2.75) is 212 Å². The summed E-state index contributed by atoms with van der Waals surface area (Å²) in [5.41, 5.74) is 5.36. The van der Waals surface area contributed by atoms with E-state index in [0.29, 0.717) is 13.0 Å². The third kappa shape index (κ3) is 43.7. The van der Waals surface area contributed by atoms with Gasteiger partial charge in [-0.05, 0) is 77.0 Å². The van der Waals surface area contributed by atoms with E-state index in [1.807, 2.05) is 0 Å². The molecule has 0 aliphatic heterocycles. The van der Waals surface area contributed by atoms with Crippen LogP contribution in [0.2, 0.25) is 0 Å². The number of esters is 1. The molecule has 10 nitrogen and oxygen atoms in total. The van der Waals surface area contributed by atoms with E-state index in [1.165, 1.54) is 103 Å². The molecule has 0 amide bonds. The number of phosphoric ester groups is 1. The fraction of sp³-hybridized carbons (Fsp3) is 0.755. The predicted molar refractivity (Wildman–Crippen MR) is 249 cm³/mol. The lowest BCUT2D eigenvalue weighted by atomic mass is 10.1. The number of phosphoric acid groups is 1. The van der Waals surface area contributed by atoms with E-state index >= 15 is 0 Å². The van der Waals surface area contributed by atoms with Gasteiger partial charge in [0.15, 0.2) is 0 Å². The maximum Gasteiger partial charge on any atom is 0.472 e. The van der Waals surface area contributed by atoms with E-state index < -0.39 is 45.1 Å². The number of ether oxygens (including phenoxy) is 2. The Labute approximate surface area is 366 Å². The quantitative estimate of drug-likeness (QED) is 0.0233. The van der Waals surface area contributed by atoms with Crippen LogP contribution in [0.5, 0.6) is 0 Å². The van der Waals surface area contributed by atoms with Gasteiger partial charge >= 0.3 is 19.8 Å². The zero-order chi connectivity index (χ0) is 44.0. The molecule has 348 valence electrons. The first-order chi connectivity index (χ1) is 29.2. The lowest BCUT2D eigenvalue weighted by Gasteiger charge is -2.20. The first-order valence-electron chi connectivity index (χ1n) is 23.8. The van der Waals surface area contributed by atoms with Crippen molar-refractivity contribution in [1.29, 1.82) is 0 Å². The number of allylic oxidation sites excluding steroid dienone is 10. The van der Waals surface area contributed by atoms with Crippen LogP contribution >= 0.6 is 7.82 Å². The van der Waals surface area contributed by atoms with Gasteiger partial charge in [0.2, 0.25) is 0 Å². The smallest absolute Gasteiger partial charge is 0.472 e. The minimum atomic E-state index is -4.63. The predicted octanol–water partition coefficient (Wildman–Crippen LogP) is 13.6. The van der Waals surface area contributed by atoms with Crippen LogP contribution in [-0.2, 0) is 32.7 Å². The molecular formula is C49H88NO9P.